The number of allylic oxidation sites excluding steroid dienone is 4. The Kier molecular flexibility index (Phi) is 7.07. The molecule has 0 amide bonds. The highest BCUT2D eigenvalue weighted by Crippen LogP contribution is 2.68. The topological polar surface area (TPSA) is 116 Å². The molecule has 3 fully saturated rings. The number of aliphatic hydroxyl groups excluding tert-OH is 1. The molecule has 0 aromatic rings. The predicted molar refractivity (Wildman–Crippen MR) is 130 cm³/mol. The third-order valence-electron chi connectivity index (χ3n) is 9.51. The van der Waals surface area contributed by atoms with Gasteiger partial charge in [-0.15, -0.1) is 0 Å². The van der Waals surface area contributed by atoms with Gasteiger partial charge in [0.1, 0.15) is 6.61 Å². The molecule has 8 atom stereocenters. The summed E-state index contributed by atoms with van der Waals surface area (Å²) in [7, 11) is 0. The van der Waals surface area contributed by atoms with Gasteiger partial charge in [-0.05, 0) is 62.5 Å². The molecule has 0 bridgehead atoms. The quantitative estimate of drug-likeness (QED) is 0.528. The molecule has 0 aromatic carbocycles. The van der Waals surface area contributed by atoms with Gasteiger partial charge >= 0.3 is 11.9 Å². The maximum Gasteiger partial charge on any atom is 0.333 e. The molecule has 3 saturated carbocycles. The van der Waals surface area contributed by atoms with Crippen LogP contribution in [-0.4, -0.2) is 60.1 Å². The minimum Gasteiger partial charge on any atom is -0.458 e. The van der Waals surface area contributed by atoms with E-state index < -0.39 is 46.9 Å². The SMILES string of the molecule is CCOCC(=O)O[C@]1(C(=O)COC(C)=O)CC[C@H]2[C@@H]3CC(C)C4=CC(=O)C=C[C@]4(C)[C@H]3C(O)C[C@@]21C. The Balaban J connectivity index is 1.73. The molecule has 0 heterocycles. The number of rotatable bonds is 7. The lowest BCUT2D eigenvalue weighted by Gasteiger charge is -2.61. The van der Waals surface area contributed by atoms with E-state index in [2.05, 4.69) is 13.8 Å². The first-order chi connectivity index (χ1) is 16.9. The van der Waals surface area contributed by atoms with Crippen LogP contribution in [0.25, 0.3) is 0 Å². The molecule has 8 nitrogen and oxygen atoms in total. The molecule has 198 valence electrons. The van der Waals surface area contributed by atoms with Crippen molar-refractivity contribution >= 4 is 23.5 Å². The Morgan fingerprint density at radius 3 is 2.58 bits per heavy atom. The number of carbonyl (C=O) groups is 4. The molecule has 0 spiro atoms. The fourth-order valence-corrected chi connectivity index (χ4v) is 8.11. The minimum atomic E-state index is -1.52. The number of esters is 2. The van der Waals surface area contributed by atoms with Crippen LogP contribution in [-0.2, 0) is 33.4 Å². The second-order valence-corrected chi connectivity index (χ2v) is 11.4. The van der Waals surface area contributed by atoms with Gasteiger partial charge in [-0.1, -0.05) is 32.4 Å². The van der Waals surface area contributed by atoms with Gasteiger partial charge in [-0.2, -0.15) is 0 Å². The zero-order valence-electron chi connectivity index (χ0n) is 21.9. The van der Waals surface area contributed by atoms with Crippen molar-refractivity contribution in [2.75, 3.05) is 19.8 Å². The molecular formula is C28H38O8. The Hall–Kier alpha value is -2.32. The van der Waals surface area contributed by atoms with Crippen molar-refractivity contribution in [2.45, 2.75) is 72.0 Å². The van der Waals surface area contributed by atoms with Gasteiger partial charge in [-0.3, -0.25) is 14.4 Å². The molecule has 0 aliphatic heterocycles. The molecule has 0 radical (unpaired) electrons. The standard InChI is InChI=1S/C28H38O8/c1-6-34-15-24(33)36-28(23(32)14-35-17(3)29)10-8-20-19-11-16(2)21-12-18(30)7-9-26(21,4)25(19)22(31)13-27(20,28)5/h7,9,12,16,19-20,22,25,31H,6,8,10-11,13-15H2,1-5H3/t16?,19-,20-,22?,25+,26-,27-,28-/m0/s1. The highest BCUT2D eigenvalue weighted by Gasteiger charge is 2.70. The summed E-state index contributed by atoms with van der Waals surface area (Å²) in [5, 5.41) is 11.7. The van der Waals surface area contributed by atoms with E-state index in [1.807, 2.05) is 13.0 Å². The van der Waals surface area contributed by atoms with Crippen molar-refractivity contribution in [1.82, 2.24) is 0 Å². The Morgan fingerprint density at radius 1 is 1.19 bits per heavy atom. The van der Waals surface area contributed by atoms with Crippen LogP contribution in [0.2, 0.25) is 0 Å². The maximum absolute atomic E-state index is 13.7. The number of hydrogen-bond acceptors (Lipinski definition) is 8. The lowest BCUT2D eigenvalue weighted by atomic mass is 9.44. The first kappa shape index (κ1) is 26.7. The molecule has 0 aromatic heterocycles. The summed E-state index contributed by atoms with van der Waals surface area (Å²) in [6.07, 6.45) is 6.44. The second kappa shape index (κ2) is 9.53. The van der Waals surface area contributed by atoms with E-state index >= 15 is 0 Å². The molecule has 0 saturated heterocycles. The number of ketones is 2. The average Bonchev–Trinajstić information content (AvgIpc) is 3.09. The first-order valence-corrected chi connectivity index (χ1v) is 13.0. The highest BCUT2D eigenvalue weighted by molar-refractivity contribution is 6.01. The number of carbonyl (C=O) groups excluding carboxylic acids is 4. The normalized spacial score (nSPS) is 41.0. The fraction of sp³-hybridized carbons (Fsp3) is 0.714. The third kappa shape index (κ3) is 4.06. The molecule has 4 aliphatic rings. The largest absolute Gasteiger partial charge is 0.458 e. The Morgan fingerprint density at radius 2 is 1.92 bits per heavy atom. The van der Waals surface area contributed by atoms with Gasteiger partial charge in [0.2, 0.25) is 5.78 Å². The Bertz CT molecular complexity index is 1010. The van der Waals surface area contributed by atoms with Crippen molar-refractivity contribution in [3.8, 4) is 0 Å². The zero-order chi connectivity index (χ0) is 26.5. The molecule has 4 aliphatic carbocycles. The first-order valence-electron chi connectivity index (χ1n) is 13.0. The van der Waals surface area contributed by atoms with E-state index in [-0.39, 0.29) is 42.5 Å². The fourth-order valence-electron chi connectivity index (χ4n) is 8.11. The maximum atomic E-state index is 13.7. The average molecular weight is 503 g/mol. The van der Waals surface area contributed by atoms with Gasteiger partial charge in [0, 0.05) is 30.3 Å². The van der Waals surface area contributed by atoms with Crippen molar-refractivity contribution < 1.29 is 38.5 Å². The van der Waals surface area contributed by atoms with Gasteiger partial charge in [0.15, 0.2) is 18.0 Å². The monoisotopic (exact) mass is 502 g/mol. The second-order valence-electron chi connectivity index (χ2n) is 11.4. The molecule has 2 unspecified atom stereocenters. The van der Waals surface area contributed by atoms with E-state index in [0.29, 0.717) is 19.4 Å². The van der Waals surface area contributed by atoms with Gasteiger partial charge < -0.3 is 19.3 Å². The van der Waals surface area contributed by atoms with Crippen molar-refractivity contribution in [1.29, 1.82) is 0 Å². The lowest BCUT2D eigenvalue weighted by molar-refractivity contribution is -0.204. The molecule has 1 N–H and O–H groups in total. The van der Waals surface area contributed by atoms with E-state index in [0.717, 1.165) is 12.0 Å². The number of ether oxygens (including phenoxy) is 3. The van der Waals surface area contributed by atoms with Crippen LogP contribution >= 0.6 is 0 Å². The summed E-state index contributed by atoms with van der Waals surface area (Å²) in [5.74, 6) is -1.66. The number of fused-ring (bicyclic) bond motifs is 5. The van der Waals surface area contributed by atoms with E-state index in [9.17, 15) is 24.3 Å². The van der Waals surface area contributed by atoms with Crippen LogP contribution in [0.4, 0.5) is 0 Å². The summed E-state index contributed by atoms with van der Waals surface area (Å²) in [6, 6.07) is 0. The highest BCUT2D eigenvalue weighted by atomic mass is 16.6. The van der Waals surface area contributed by atoms with Crippen LogP contribution in [0.3, 0.4) is 0 Å². The van der Waals surface area contributed by atoms with E-state index in [1.165, 1.54) is 6.92 Å². The smallest absolute Gasteiger partial charge is 0.333 e. The van der Waals surface area contributed by atoms with E-state index in [4.69, 9.17) is 14.2 Å². The minimum absolute atomic E-state index is 0.000996. The van der Waals surface area contributed by atoms with Crippen LogP contribution < -0.4 is 0 Å². The lowest BCUT2D eigenvalue weighted by Crippen LogP contribution is -2.63. The van der Waals surface area contributed by atoms with Gasteiger partial charge in [0.05, 0.1) is 6.10 Å². The number of aliphatic hydroxyl groups is 1. The summed E-state index contributed by atoms with van der Waals surface area (Å²) in [6.45, 7) is 8.69. The van der Waals surface area contributed by atoms with Crippen molar-refractivity contribution in [3.05, 3.63) is 23.8 Å². The Labute approximate surface area is 212 Å². The van der Waals surface area contributed by atoms with Crippen molar-refractivity contribution in [3.63, 3.8) is 0 Å². The summed E-state index contributed by atoms with van der Waals surface area (Å²) in [4.78, 5) is 50.1. The van der Waals surface area contributed by atoms with Crippen LogP contribution in [0, 0.1) is 34.5 Å². The molecular weight excluding hydrogens is 464 g/mol. The summed E-state index contributed by atoms with van der Waals surface area (Å²) < 4.78 is 16.3. The van der Waals surface area contributed by atoms with E-state index in [1.54, 1.807) is 19.1 Å². The molecule has 8 heteroatoms. The van der Waals surface area contributed by atoms with Gasteiger partial charge in [-0.25, -0.2) is 4.79 Å². The zero-order valence-corrected chi connectivity index (χ0v) is 21.9. The summed E-state index contributed by atoms with van der Waals surface area (Å²) in [5.41, 5.74) is -1.78. The molecule has 36 heavy (non-hydrogen) atoms. The summed E-state index contributed by atoms with van der Waals surface area (Å²) >= 11 is 0. The van der Waals surface area contributed by atoms with Crippen LogP contribution in [0.1, 0.15) is 60.3 Å². The number of hydrogen-bond donors (Lipinski definition) is 1. The third-order valence-corrected chi connectivity index (χ3v) is 9.51. The van der Waals surface area contributed by atoms with Crippen LogP contribution in [0.5, 0.6) is 0 Å². The van der Waals surface area contributed by atoms with Gasteiger partial charge in [0.25, 0.3) is 0 Å². The molecule has 4 rings (SSSR count). The van der Waals surface area contributed by atoms with Crippen LogP contribution in [0.15, 0.2) is 23.8 Å². The number of Topliss-reactive ketones (excluding diaryl/α,β-unsaturated/α-hetero) is 1. The predicted octanol–water partition coefficient (Wildman–Crippen LogP) is 2.96. The van der Waals surface area contributed by atoms with Crippen molar-refractivity contribution in [2.24, 2.45) is 34.5 Å².